The molecular weight excluding hydrogens is 554 g/mol. The number of likely N-dealkylation sites (N-methyl/N-ethyl adjacent to an activating group) is 1. The number of hydrogen-bond donors (Lipinski definition) is 1. The lowest BCUT2D eigenvalue weighted by atomic mass is 10.0. The SMILES string of the molecule is C=CC(=O)N1CCN(c2nc(=O)n3c4nc(c(F)cc24)-c2c(F)cccc2NCCN(C)c2ccnc(C(C)C)c2-3)CC1. The van der Waals surface area contributed by atoms with Crippen LogP contribution in [0.15, 0.2) is 54.0 Å². The van der Waals surface area contributed by atoms with Crippen LogP contribution in [-0.2, 0) is 4.79 Å². The van der Waals surface area contributed by atoms with E-state index in [9.17, 15) is 9.59 Å². The van der Waals surface area contributed by atoms with Gasteiger partial charge in [0.25, 0.3) is 0 Å². The van der Waals surface area contributed by atoms with Crippen molar-refractivity contribution >= 4 is 34.1 Å². The Morgan fingerprint density at radius 1 is 1.07 bits per heavy atom. The molecule has 0 unspecified atom stereocenters. The summed E-state index contributed by atoms with van der Waals surface area (Å²) in [6, 6.07) is 7.59. The molecule has 10 nitrogen and oxygen atoms in total. The summed E-state index contributed by atoms with van der Waals surface area (Å²) in [6.45, 7) is 9.91. The second-order valence-electron chi connectivity index (χ2n) is 11.0. The highest BCUT2D eigenvalue weighted by molar-refractivity contribution is 5.92. The van der Waals surface area contributed by atoms with Crippen LogP contribution in [0.5, 0.6) is 0 Å². The highest BCUT2D eigenvalue weighted by Gasteiger charge is 2.29. The molecule has 3 aromatic heterocycles. The molecular formula is C31H32F2N8O2. The number of anilines is 3. The van der Waals surface area contributed by atoms with E-state index in [2.05, 4.69) is 21.9 Å². The number of fused-ring (bicyclic) bond motifs is 5. The molecule has 1 aromatic carbocycles. The van der Waals surface area contributed by atoms with Crippen molar-refractivity contribution in [2.75, 3.05) is 61.4 Å². The molecule has 2 aliphatic rings. The minimum absolute atomic E-state index is 0.0190. The number of amides is 1. The van der Waals surface area contributed by atoms with Crippen LogP contribution in [0.25, 0.3) is 28.0 Å². The highest BCUT2D eigenvalue weighted by atomic mass is 19.1. The third kappa shape index (κ3) is 4.86. The van der Waals surface area contributed by atoms with Gasteiger partial charge in [0, 0.05) is 58.2 Å². The van der Waals surface area contributed by atoms with Crippen LogP contribution >= 0.6 is 0 Å². The molecule has 2 bridgehead atoms. The maximum absolute atomic E-state index is 16.1. The minimum Gasteiger partial charge on any atom is -0.383 e. The van der Waals surface area contributed by atoms with Gasteiger partial charge in [0.2, 0.25) is 5.91 Å². The number of carbonyl (C=O) groups excluding carboxylic acids is 1. The first-order valence-electron chi connectivity index (χ1n) is 14.2. The van der Waals surface area contributed by atoms with Gasteiger partial charge >= 0.3 is 5.69 Å². The van der Waals surface area contributed by atoms with Crippen molar-refractivity contribution in [1.29, 1.82) is 0 Å². The first-order valence-corrected chi connectivity index (χ1v) is 14.2. The van der Waals surface area contributed by atoms with Gasteiger partial charge in [-0.3, -0.25) is 9.78 Å². The fourth-order valence-electron chi connectivity index (χ4n) is 5.80. The maximum atomic E-state index is 16.1. The largest absolute Gasteiger partial charge is 0.383 e. The van der Waals surface area contributed by atoms with Gasteiger partial charge in [0.15, 0.2) is 11.5 Å². The predicted octanol–water partition coefficient (Wildman–Crippen LogP) is 3.94. The van der Waals surface area contributed by atoms with Gasteiger partial charge in [-0.1, -0.05) is 26.5 Å². The summed E-state index contributed by atoms with van der Waals surface area (Å²) in [7, 11) is 1.90. The van der Waals surface area contributed by atoms with E-state index in [0.29, 0.717) is 61.7 Å². The average Bonchev–Trinajstić information content (AvgIpc) is 3.00. The van der Waals surface area contributed by atoms with E-state index in [-0.39, 0.29) is 34.5 Å². The van der Waals surface area contributed by atoms with Gasteiger partial charge in [0.1, 0.15) is 17.3 Å². The summed E-state index contributed by atoms with van der Waals surface area (Å²) in [4.78, 5) is 45.6. The molecule has 1 fully saturated rings. The van der Waals surface area contributed by atoms with E-state index in [4.69, 9.17) is 4.98 Å². The lowest BCUT2D eigenvalue weighted by Crippen LogP contribution is -2.49. The van der Waals surface area contributed by atoms with Crippen LogP contribution < -0.4 is 20.8 Å². The number of benzene rings is 1. The summed E-state index contributed by atoms with van der Waals surface area (Å²) in [5.74, 6) is -1.40. The summed E-state index contributed by atoms with van der Waals surface area (Å²) < 4.78 is 32.9. The lowest BCUT2D eigenvalue weighted by molar-refractivity contribution is -0.126. The van der Waals surface area contributed by atoms with Crippen LogP contribution in [0.4, 0.5) is 26.0 Å². The van der Waals surface area contributed by atoms with Crippen LogP contribution in [0.3, 0.4) is 0 Å². The van der Waals surface area contributed by atoms with E-state index < -0.39 is 17.3 Å². The molecule has 1 amide bonds. The lowest BCUT2D eigenvalue weighted by Gasteiger charge is -2.35. The Morgan fingerprint density at radius 2 is 1.84 bits per heavy atom. The number of aromatic nitrogens is 4. The Morgan fingerprint density at radius 3 is 2.56 bits per heavy atom. The fourth-order valence-corrected chi connectivity index (χ4v) is 5.80. The molecule has 43 heavy (non-hydrogen) atoms. The van der Waals surface area contributed by atoms with E-state index in [1.165, 1.54) is 22.8 Å². The first kappa shape index (κ1) is 28.3. The maximum Gasteiger partial charge on any atom is 0.355 e. The van der Waals surface area contributed by atoms with Gasteiger partial charge in [-0.25, -0.2) is 23.1 Å². The quantitative estimate of drug-likeness (QED) is 0.361. The zero-order valence-electron chi connectivity index (χ0n) is 24.3. The normalized spacial score (nSPS) is 15.1. The van der Waals surface area contributed by atoms with E-state index >= 15 is 8.78 Å². The number of hydrogen-bond acceptors (Lipinski definition) is 8. The second kappa shape index (κ2) is 11.1. The monoisotopic (exact) mass is 586 g/mol. The molecule has 1 saturated heterocycles. The Kier molecular flexibility index (Phi) is 7.28. The van der Waals surface area contributed by atoms with E-state index in [1.807, 2.05) is 36.8 Å². The second-order valence-corrected chi connectivity index (χ2v) is 11.0. The smallest absolute Gasteiger partial charge is 0.355 e. The van der Waals surface area contributed by atoms with Crippen molar-refractivity contribution in [2.45, 2.75) is 19.8 Å². The van der Waals surface area contributed by atoms with Crippen molar-refractivity contribution in [3.05, 3.63) is 77.0 Å². The van der Waals surface area contributed by atoms with Gasteiger partial charge in [-0.15, -0.1) is 0 Å². The summed E-state index contributed by atoms with van der Waals surface area (Å²) in [5, 5.41) is 3.53. The molecule has 12 heteroatoms. The zero-order chi connectivity index (χ0) is 30.4. The molecule has 1 N–H and O–H groups in total. The van der Waals surface area contributed by atoms with Crippen molar-refractivity contribution in [2.24, 2.45) is 0 Å². The summed E-state index contributed by atoms with van der Waals surface area (Å²) in [6.07, 6.45) is 2.97. The van der Waals surface area contributed by atoms with Crippen molar-refractivity contribution < 1.29 is 13.6 Å². The number of piperazine rings is 1. The third-order valence-corrected chi connectivity index (χ3v) is 7.99. The third-order valence-electron chi connectivity index (χ3n) is 7.99. The highest BCUT2D eigenvalue weighted by Crippen LogP contribution is 2.37. The van der Waals surface area contributed by atoms with Crippen LogP contribution in [0.2, 0.25) is 0 Å². The number of pyridine rings is 2. The Hall–Kier alpha value is -4.87. The topological polar surface area (TPSA) is 99.5 Å². The molecule has 0 aliphatic carbocycles. The van der Waals surface area contributed by atoms with Gasteiger partial charge in [-0.2, -0.15) is 4.98 Å². The number of rotatable bonds is 3. The van der Waals surface area contributed by atoms with Gasteiger partial charge in [-0.05, 0) is 36.3 Å². The van der Waals surface area contributed by atoms with Crippen LogP contribution in [-0.4, -0.2) is 76.6 Å². The number of halogens is 2. The van der Waals surface area contributed by atoms with E-state index in [1.54, 1.807) is 23.2 Å². The van der Waals surface area contributed by atoms with Crippen molar-refractivity contribution in [1.82, 2.24) is 24.4 Å². The standard InChI is InChI=1S/C31H32F2N8O2/c1-5-24(42)39-13-15-40(16-14-39)29-19-17-21(33)27-25-20(32)7-6-8-22(25)34-11-12-38(4)23-9-10-35-26(18(2)3)28(23)41(30(19)36-27)31(43)37-29/h5-10,17-18,34H,1,11-16H2,2-4H3. The molecule has 0 spiro atoms. The molecule has 6 rings (SSSR count). The Bertz CT molecular complexity index is 1810. The summed E-state index contributed by atoms with van der Waals surface area (Å²) >= 11 is 0. The minimum atomic E-state index is -0.751. The Balaban J connectivity index is 1.68. The average molecular weight is 587 g/mol. The molecule has 0 saturated carbocycles. The molecule has 0 radical (unpaired) electrons. The molecule has 0 atom stereocenters. The van der Waals surface area contributed by atoms with Crippen LogP contribution in [0.1, 0.15) is 25.5 Å². The van der Waals surface area contributed by atoms with Crippen molar-refractivity contribution in [3.8, 4) is 16.9 Å². The fraction of sp³-hybridized carbons (Fsp3) is 0.323. The van der Waals surface area contributed by atoms with Gasteiger partial charge in [0.05, 0.1) is 28.0 Å². The summed E-state index contributed by atoms with van der Waals surface area (Å²) in [5.41, 5.74) is 1.53. The number of carbonyl (C=O) groups is 1. The predicted molar refractivity (Wildman–Crippen MR) is 163 cm³/mol. The van der Waals surface area contributed by atoms with E-state index in [0.717, 1.165) is 5.69 Å². The Labute approximate surface area is 247 Å². The molecule has 4 aromatic rings. The molecule has 2 aliphatic heterocycles. The number of nitrogens with zero attached hydrogens (tertiary/aromatic N) is 7. The molecule has 222 valence electrons. The first-order chi connectivity index (χ1) is 20.7. The molecule has 5 heterocycles. The van der Waals surface area contributed by atoms with Crippen molar-refractivity contribution in [3.63, 3.8) is 0 Å². The van der Waals surface area contributed by atoms with Gasteiger partial charge < -0.3 is 20.0 Å². The number of nitrogens with one attached hydrogen (secondary N) is 1. The zero-order valence-corrected chi connectivity index (χ0v) is 24.3. The van der Waals surface area contributed by atoms with Crippen LogP contribution in [0, 0.1) is 11.6 Å².